The molecule has 0 radical (unpaired) electrons. The molecule has 0 saturated carbocycles. The number of halogens is 1. The molecule has 1 nitrogen and oxygen atoms in total. The number of aryl methyl sites for hydroxylation is 1. The number of rotatable bonds is 2. The van der Waals surface area contributed by atoms with Gasteiger partial charge in [-0.2, -0.15) is 0 Å². The Labute approximate surface area is 255 Å². The molecule has 0 aliphatic heterocycles. The fourth-order valence-electron chi connectivity index (χ4n) is 6.43. The fraction of sp³-hybridized carbons (Fsp3) is 0.100. The SMILES string of the molecule is Brc1ccc(-c2ccc(C3CCc4ccc5c(ccc6ccccc65)c4C3)cc2)cc1.Oc1cccc2ccccc12. The van der Waals surface area contributed by atoms with Gasteiger partial charge >= 0.3 is 0 Å². The molecule has 1 aliphatic carbocycles. The van der Waals surface area contributed by atoms with E-state index in [-0.39, 0.29) is 0 Å². The third-order valence-corrected chi connectivity index (χ3v) is 9.20. The van der Waals surface area contributed by atoms with Gasteiger partial charge in [-0.1, -0.05) is 137 Å². The van der Waals surface area contributed by atoms with Gasteiger partial charge in [0.15, 0.2) is 0 Å². The molecule has 0 amide bonds. The zero-order chi connectivity index (χ0) is 28.5. The zero-order valence-electron chi connectivity index (χ0n) is 23.3. The molecule has 1 N–H and O–H groups in total. The molecule has 0 fully saturated rings. The first-order valence-corrected chi connectivity index (χ1v) is 15.4. The monoisotopic (exact) mass is 606 g/mol. The number of hydrogen-bond donors (Lipinski definition) is 1. The molecule has 204 valence electrons. The second-order valence-corrected chi connectivity index (χ2v) is 12.1. The summed E-state index contributed by atoms with van der Waals surface area (Å²) >= 11 is 3.53. The Balaban J connectivity index is 0.000000220. The lowest BCUT2D eigenvalue weighted by molar-refractivity contribution is 0.481. The summed E-state index contributed by atoms with van der Waals surface area (Å²) in [5, 5.41) is 16.9. The third kappa shape index (κ3) is 5.19. The molecule has 2 heteroatoms. The summed E-state index contributed by atoms with van der Waals surface area (Å²) in [5.74, 6) is 0.937. The van der Waals surface area contributed by atoms with E-state index in [0.717, 1.165) is 28.1 Å². The topological polar surface area (TPSA) is 20.2 Å². The van der Waals surface area contributed by atoms with E-state index in [1.54, 1.807) is 11.6 Å². The molecule has 0 spiro atoms. The van der Waals surface area contributed by atoms with Crippen molar-refractivity contribution in [2.45, 2.75) is 25.2 Å². The van der Waals surface area contributed by atoms with Crippen molar-refractivity contribution in [2.24, 2.45) is 0 Å². The maximum Gasteiger partial charge on any atom is 0.123 e. The molecule has 1 atom stereocenters. The summed E-state index contributed by atoms with van der Waals surface area (Å²) in [6.07, 6.45) is 3.52. The van der Waals surface area contributed by atoms with E-state index in [2.05, 4.69) is 113 Å². The van der Waals surface area contributed by atoms with Crippen LogP contribution >= 0.6 is 15.9 Å². The van der Waals surface area contributed by atoms with E-state index in [1.165, 1.54) is 50.2 Å². The van der Waals surface area contributed by atoms with Crippen LogP contribution in [0, 0.1) is 0 Å². The minimum Gasteiger partial charge on any atom is -0.507 e. The average Bonchev–Trinajstić information content (AvgIpc) is 3.05. The molecule has 42 heavy (non-hydrogen) atoms. The summed E-state index contributed by atoms with van der Waals surface area (Å²) < 4.78 is 1.12. The first kappa shape index (κ1) is 26.5. The number of phenols is 1. The maximum absolute atomic E-state index is 9.37. The Morgan fingerprint density at radius 1 is 0.524 bits per heavy atom. The van der Waals surface area contributed by atoms with Crippen LogP contribution in [0.2, 0.25) is 0 Å². The number of fused-ring (bicyclic) bond motifs is 6. The second kappa shape index (κ2) is 11.5. The first-order valence-electron chi connectivity index (χ1n) is 14.6. The lowest BCUT2D eigenvalue weighted by Gasteiger charge is -2.27. The van der Waals surface area contributed by atoms with E-state index in [0.29, 0.717) is 11.7 Å². The fourth-order valence-corrected chi connectivity index (χ4v) is 6.70. The van der Waals surface area contributed by atoms with Gasteiger partial charge in [-0.15, -0.1) is 0 Å². The van der Waals surface area contributed by atoms with Crippen molar-refractivity contribution in [3.63, 3.8) is 0 Å². The van der Waals surface area contributed by atoms with Crippen LogP contribution in [0.1, 0.15) is 29.0 Å². The molecular formula is C40H31BrO. The lowest BCUT2D eigenvalue weighted by atomic mass is 9.78. The highest BCUT2D eigenvalue weighted by Crippen LogP contribution is 2.39. The van der Waals surface area contributed by atoms with Crippen molar-refractivity contribution in [1.29, 1.82) is 0 Å². The summed E-state index contributed by atoms with van der Waals surface area (Å²) in [5.41, 5.74) is 7.09. The molecule has 8 rings (SSSR count). The molecule has 7 aromatic rings. The minimum atomic E-state index is 0.350. The number of benzene rings is 7. The van der Waals surface area contributed by atoms with Crippen molar-refractivity contribution < 1.29 is 5.11 Å². The van der Waals surface area contributed by atoms with Gasteiger partial charge in [0, 0.05) is 9.86 Å². The van der Waals surface area contributed by atoms with Crippen LogP contribution in [0.25, 0.3) is 43.4 Å². The summed E-state index contributed by atoms with van der Waals surface area (Å²) in [6, 6.07) is 49.2. The maximum atomic E-state index is 9.37. The van der Waals surface area contributed by atoms with Crippen molar-refractivity contribution in [2.75, 3.05) is 0 Å². The number of phenolic OH excluding ortho intramolecular Hbond substituents is 1. The van der Waals surface area contributed by atoms with Gasteiger partial charge in [0.05, 0.1) is 0 Å². The van der Waals surface area contributed by atoms with Crippen LogP contribution in [0.5, 0.6) is 5.75 Å². The normalized spacial score (nSPS) is 14.4. The largest absolute Gasteiger partial charge is 0.507 e. The summed E-state index contributed by atoms with van der Waals surface area (Å²) in [6.45, 7) is 0. The van der Waals surface area contributed by atoms with E-state index in [4.69, 9.17) is 0 Å². The van der Waals surface area contributed by atoms with Gasteiger partial charge in [-0.25, -0.2) is 0 Å². The predicted octanol–water partition coefficient (Wildman–Crippen LogP) is 11.2. The van der Waals surface area contributed by atoms with Crippen LogP contribution in [0.15, 0.2) is 144 Å². The molecule has 1 aliphatic rings. The van der Waals surface area contributed by atoms with Gasteiger partial charge in [0.1, 0.15) is 5.75 Å². The van der Waals surface area contributed by atoms with Crippen molar-refractivity contribution >= 4 is 48.2 Å². The van der Waals surface area contributed by atoms with Crippen molar-refractivity contribution in [3.05, 3.63) is 161 Å². The molecule has 0 bridgehead atoms. The van der Waals surface area contributed by atoms with Gasteiger partial charge in [-0.3, -0.25) is 0 Å². The molecule has 0 saturated heterocycles. The highest BCUT2D eigenvalue weighted by atomic mass is 79.9. The van der Waals surface area contributed by atoms with E-state index >= 15 is 0 Å². The van der Waals surface area contributed by atoms with E-state index in [9.17, 15) is 5.11 Å². The van der Waals surface area contributed by atoms with E-state index < -0.39 is 0 Å². The summed E-state index contributed by atoms with van der Waals surface area (Å²) in [7, 11) is 0. The van der Waals surface area contributed by atoms with E-state index in [1.807, 2.05) is 36.4 Å². The lowest BCUT2D eigenvalue weighted by Crippen LogP contribution is -2.13. The average molecular weight is 608 g/mol. The highest BCUT2D eigenvalue weighted by Gasteiger charge is 2.22. The first-order chi connectivity index (χ1) is 20.6. The Bertz CT molecular complexity index is 2020. The minimum absolute atomic E-state index is 0.350. The summed E-state index contributed by atoms with van der Waals surface area (Å²) in [4.78, 5) is 0. The standard InChI is InChI=1S/C30H23Br.C10H8O/c31-26-15-11-21(12-16-26)20-5-7-22(8-6-20)25-10-9-24-14-17-28-27-4-2-1-3-23(27)13-18-29(28)30(24)19-25;11-10-7-3-5-8-4-1-2-6-9(8)10/h1-8,11-18,25H,9-10,19H2;1-7,11H. The smallest absolute Gasteiger partial charge is 0.123 e. The van der Waals surface area contributed by atoms with Gasteiger partial charge < -0.3 is 5.11 Å². The molecule has 1 unspecified atom stereocenters. The molecule has 0 heterocycles. The second-order valence-electron chi connectivity index (χ2n) is 11.2. The highest BCUT2D eigenvalue weighted by molar-refractivity contribution is 9.10. The predicted molar refractivity (Wildman–Crippen MR) is 181 cm³/mol. The van der Waals surface area contributed by atoms with Gasteiger partial charge in [0.2, 0.25) is 0 Å². The van der Waals surface area contributed by atoms with Crippen molar-refractivity contribution in [3.8, 4) is 16.9 Å². The van der Waals surface area contributed by atoms with Crippen LogP contribution in [0.4, 0.5) is 0 Å². The Hall–Kier alpha value is -4.40. The Kier molecular flexibility index (Phi) is 7.23. The van der Waals surface area contributed by atoms with Crippen LogP contribution in [0.3, 0.4) is 0 Å². The molecular weight excluding hydrogens is 576 g/mol. The third-order valence-electron chi connectivity index (χ3n) is 8.67. The zero-order valence-corrected chi connectivity index (χ0v) is 24.9. The Morgan fingerprint density at radius 3 is 1.88 bits per heavy atom. The number of hydrogen-bond acceptors (Lipinski definition) is 1. The van der Waals surface area contributed by atoms with Crippen LogP contribution in [-0.4, -0.2) is 5.11 Å². The van der Waals surface area contributed by atoms with Gasteiger partial charge in [-0.05, 0) is 98.1 Å². The van der Waals surface area contributed by atoms with Gasteiger partial charge in [0.25, 0.3) is 0 Å². The van der Waals surface area contributed by atoms with Crippen LogP contribution in [-0.2, 0) is 12.8 Å². The molecule has 0 aromatic heterocycles. The molecule has 7 aromatic carbocycles. The van der Waals surface area contributed by atoms with Crippen molar-refractivity contribution in [1.82, 2.24) is 0 Å². The Morgan fingerprint density at radius 2 is 1.14 bits per heavy atom. The quantitative estimate of drug-likeness (QED) is 0.194. The number of aromatic hydroxyl groups is 1. The van der Waals surface area contributed by atoms with Crippen LogP contribution < -0.4 is 0 Å².